The summed E-state index contributed by atoms with van der Waals surface area (Å²) in [5, 5.41) is 9.38. The third-order valence-corrected chi connectivity index (χ3v) is 5.46. The van der Waals surface area contributed by atoms with E-state index < -0.39 is 11.8 Å². The number of carboxylic acid groups (broad SMARTS) is 1. The minimum atomic E-state index is -1.19. The minimum Gasteiger partial charge on any atom is -0.493 e. The van der Waals surface area contributed by atoms with Crippen LogP contribution in [0.4, 0.5) is 0 Å². The fraction of sp³-hybridized carbons (Fsp3) is 0.455. The molecule has 0 radical (unpaired) electrons. The maximum Gasteiger partial charge on any atom is 0.345 e. The average Bonchev–Trinajstić information content (AvgIpc) is 2.69. The van der Waals surface area contributed by atoms with E-state index in [2.05, 4.69) is 13.8 Å². The number of allylic oxidation sites excluding steroid dienone is 1. The summed E-state index contributed by atoms with van der Waals surface area (Å²) in [6, 6.07) is 3.98. The van der Waals surface area contributed by atoms with Crippen LogP contribution in [0.25, 0.3) is 5.70 Å². The van der Waals surface area contributed by atoms with Crippen LogP contribution in [0.5, 0.6) is 11.5 Å². The molecular formula is C22H28NO6+. The van der Waals surface area contributed by atoms with Gasteiger partial charge in [0.2, 0.25) is 5.78 Å². The van der Waals surface area contributed by atoms with E-state index in [4.69, 9.17) is 14.2 Å². The largest absolute Gasteiger partial charge is 0.493 e. The second kappa shape index (κ2) is 8.80. The number of aliphatic carboxylic acids is 1. The van der Waals surface area contributed by atoms with Gasteiger partial charge in [-0.2, -0.15) is 0 Å². The third-order valence-electron chi connectivity index (χ3n) is 5.46. The standard InChI is InChI=1S/C22H27NO6/c1-13(2)17-8-14-9-21(29-7-5-6-27-3)20(28-4)10-15(14)18-11-19(24)16(22(25)26)12-23(17)18/h9-13,17H,5-8H2,1-4H3,(H,25,26)/p+1/t17-/m0/s1. The van der Waals surface area contributed by atoms with Gasteiger partial charge in [0.15, 0.2) is 17.1 Å². The molecule has 2 heterocycles. The van der Waals surface area contributed by atoms with E-state index in [1.54, 1.807) is 20.4 Å². The number of rotatable bonds is 8. The van der Waals surface area contributed by atoms with Crippen LogP contribution in [-0.4, -0.2) is 50.3 Å². The Morgan fingerprint density at radius 2 is 2.00 bits per heavy atom. The molecule has 0 aromatic heterocycles. The lowest BCUT2D eigenvalue weighted by atomic mass is 9.84. The van der Waals surface area contributed by atoms with Crippen molar-refractivity contribution in [1.82, 2.24) is 0 Å². The molecular weight excluding hydrogens is 374 g/mol. The molecule has 7 heteroatoms. The molecule has 0 fully saturated rings. The van der Waals surface area contributed by atoms with Crippen molar-refractivity contribution in [3.8, 4) is 11.5 Å². The maximum absolute atomic E-state index is 12.4. The number of hydrogen-bond donors (Lipinski definition) is 2. The summed E-state index contributed by atoms with van der Waals surface area (Å²) < 4.78 is 16.5. The van der Waals surface area contributed by atoms with Gasteiger partial charge in [0.25, 0.3) is 0 Å². The predicted molar refractivity (Wildman–Crippen MR) is 107 cm³/mol. The highest BCUT2D eigenvalue weighted by Gasteiger charge is 2.41. The van der Waals surface area contributed by atoms with E-state index in [0.29, 0.717) is 24.7 Å². The van der Waals surface area contributed by atoms with Crippen molar-refractivity contribution in [1.29, 1.82) is 0 Å². The van der Waals surface area contributed by atoms with Crippen molar-refractivity contribution < 1.29 is 33.8 Å². The number of quaternary nitrogens is 1. The zero-order valence-electron chi connectivity index (χ0n) is 17.3. The molecule has 2 aliphatic rings. The lowest BCUT2D eigenvalue weighted by molar-refractivity contribution is -0.806. The molecule has 0 spiro atoms. The van der Waals surface area contributed by atoms with Crippen LogP contribution < -0.4 is 14.4 Å². The molecule has 0 bridgehead atoms. The molecule has 2 aliphatic heterocycles. The Hall–Kier alpha value is -2.64. The summed E-state index contributed by atoms with van der Waals surface area (Å²) in [7, 11) is 3.24. The van der Waals surface area contributed by atoms with Gasteiger partial charge < -0.3 is 19.3 Å². The highest BCUT2D eigenvalue weighted by atomic mass is 16.5. The molecule has 29 heavy (non-hydrogen) atoms. The Kier molecular flexibility index (Phi) is 6.39. The number of benzene rings is 1. The fourth-order valence-electron chi connectivity index (χ4n) is 3.92. The first kappa shape index (κ1) is 21.1. The number of hydrogen-bond acceptors (Lipinski definition) is 5. The molecule has 156 valence electrons. The minimum absolute atomic E-state index is 0.117. The number of nitrogens with one attached hydrogen (secondary N) is 1. The Morgan fingerprint density at radius 3 is 2.62 bits per heavy atom. The summed E-state index contributed by atoms with van der Waals surface area (Å²) in [6.07, 6.45) is 4.52. The van der Waals surface area contributed by atoms with Crippen molar-refractivity contribution in [2.75, 3.05) is 27.4 Å². The Labute approximate surface area is 170 Å². The summed E-state index contributed by atoms with van der Waals surface area (Å²) >= 11 is 0. The van der Waals surface area contributed by atoms with Crippen molar-refractivity contribution in [3.63, 3.8) is 0 Å². The van der Waals surface area contributed by atoms with Gasteiger partial charge in [-0.05, 0) is 17.7 Å². The molecule has 2 N–H and O–H groups in total. The zero-order chi connectivity index (χ0) is 21.1. The van der Waals surface area contributed by atoms with Crippen LogP contribution in [-0.2, 0) is 20.7 Å². The van der Waals surface area contributed by atoms with E-state index in [0.717, 1.165) is 34.6 Å². The van der Waals surface area contributed by atoms with E-state index in [1.807, 2.05) is 12.1 Å². The molecule has 0 saturated heterocycles. The van der Waals surface area contributed by atoms with Gasteiger partial charge in [-0.1, -0.05) is 13.8 Å². The van der Waals surface area contributed by atoms with Gasteiger partial charge in [-0.15, -0.1) is 0 Å². The molecule has 1 unspecified atom stereocenters. The number of carbonyl (C=O) groups excluding carboxylic acids is 1. The summed E-state index contributed by atoms with van der Waals surface area (Å²) in [6.45, 7) is 5.35. The van der Waals surface area contributed by atoms with Crippen molar-refractivity contribution in [2.24, 2.45) is 5.92 Å². The molecule has 1 aromatic carbocycles. The van der Waals surface area contributed by atoms with Crippen LogP contribution in [0.1, 0.15) is 31.4 Å². The van der Waals surface area contributed by atoms with Crippen LogP contribution >= 0.6 is 0 Å². The first-order valence-corrected chi connectivity index (χ1v) is 9.78. The van der Waals surface area contributed by atoms with E-state index in [-0.39, 0.29) is 17.5 Å². The normalized spacial score (nSPS) is 20.5. The van der Waals surface area contributed by atoms with Crippen molar-refractivity contribution in [3.05, 3.63) is 41.1 Å². The number of ketones is 1. The number of carboxylic acids is 1. The predicted octanol–water partition coefficient (Wildman–Crippen LogP) is 1.47. The van der Waals surface area contributed by atoms with Gasteiger partial charge in [0.05, 0.1) is 13.7 Å². The quantitative estimate of drug-likeness (QED) is 0.506. The number of ether oxygens (including phenoxy) is 3. The second-order valence-electron chi connectivity index (χ2n) is 7.65. The molecule has 0 aliphatic carbocycles. The first-order chi connectivity index (χ1) is 13.9. The average molecular weight is 402 g/mol. The summed E-state index contributed by atoms with van der Waals surface area (Å²) in [4.78, 5) is 24.8. The maximum atomic E-state index is 12.4. The molecule has 0 amide bonds. The lowest BCUT2D eigenvalue weighted by Crippen LogP contribution is -3.11. The highest BCUT2D eigenvalue weighted by molar-refractivity contribution is 6.23. The van der Waals surface area contributed by atoms with Gasteiger partial charge in [-0.3, -0.25) is 9.69 Å². The molecule has 1 aromatic rings. The van der Waals surface area contributed by atoms with Crippen molar-refractivity contribution in [2.45, 2.75) is 32.7 Å². The molecule has 3 rings (SSSR count). The van der Waals surface area contributed by atoms with Gasteiger partial charge in [0, 0.05) is 44.1 Å². The summed E-state index contributed by atoms with van der Waals surface area (Å²) in [5.41, 5.74) is 2.57. The first-order valence-electron chi connectivity index (χ1n) is 9.78. The van der Waals surface area contributed by atoms with Crippen LogP contribution in [0.2, 0.25) is 0 Å². The third kappa shape index (κ3) is 4.21. The number of carbonyl (C=O) groups is 2. The van der Waals surface area contributed by atoms with Crippen LogP contribution in [0, 0.1) is 5.92 Å². The highest BCUT2D eigenvalue weighted by Crippen LogP contribution is 2.36. The Morgan fingerprint density at radius 1 is 1.24 bits per heavy atom. The fourth-order valence-corrected chi connectivity index (χ4v) is 3.92. The van der Waals surface area contributed by atoms with E-state index in [1.165, 1.54) is 6.08 Å². The lowest BCUT2D eigenvalue weighted by Gasteiger charge is -2.37. The SMILES string of the molecule is COCCCOc1cc2c(cc1OC)C1=CC(=O)C(C(=O)O)=C[NH+]1[C@H](C(C)C)C2. The van der Waals surface area contributed by atoms with Crippen LogP contribution in [0.3, 0.4) is 0 Å². The molecule has 2 atom stereocenters. The summed E-state index contributed by atoms with van der Waals surface area (Å²) in [5.74, 6) is -0.133. The number of methoxy groups -OCH3 is 2. The monoisotopic (exact) mass is 402 g/mol. The second-order valence-corrected chi connectivity index (χ2v) is 7.65. The van der Waals surface area contributed by atoms with Gasteiger partial charge in [0.1, 0.15) is 17.9 Å². The van der Waals surface area contributed by atoms with Crippen LogP contribution in [0.15, 0.2) is 30.0 Å². The molecule has 0 saturated carbocycles. The van der Waals surface area contributed by atoms with E-state index >= 15 is 0 Å². The Bertz CT molecular complexity index is 870. The van der Waals surface area contributed by atoms with Crippen molar-refractivity contribution >= 4 is 17.4 Å². The zero-order valence-corrected chi connectivity index (χ0v) is 17.3. The van der Waals surface area contributed by atoms with Gasteiger partial charge in [-0.25, -0.2) is 4.79 Å². The smallest absolute Gasteiger partial charge is 0.345 e. The number of fused-ring (bicyclic) bond motifs is 3. The van der Waals surface area contributed by atoms with E-state index in [9.17, 15) is 14.7 Å². The molecule has 7 nitrogen and oxygen atoms in total. The van der Waals surface area contributed by atoms with Gasteiger partial charge >= 0.3 is 5.97 Å². The Balaban J connectivity index is 2.02. The topological polar surface area (TPSA) is 86.5 Å².